The van der Waals surface area contributed by atoms with Crippen LogP contribution in [-0.4, -0.2) is 53.8 Å². The molecule has 1 aliphatic heterocycles. The number of hydrogen-bond acceptors (Lipinski definition) is 4. The van der Waals surface area contributed by atoms with Gasteiger partial charge in [-0.3, -0.25) is 0 Å². The summed E-state index contributed by atoms with van der Waals surface area (Å²) in [7, 11) is 1.33. The molecule has 1 fully saturated rings. The maximum Gasteiger partial charge on any atom is 0.336 e. The molecule has 2 aromatic carbocycles. The summed E-state index contributed by atoms with van der Waals surface area (Å²) in [6.45, 7) is 0.888. The van der Waals surface area contributed by atoms with Crippen molar-refractivity contribution in [3.63, 3.8) is 0 Å². The Balaban J connectivity index is 1.77. The number of nitrogens with zero attached hydrogens (tertiary/aromatic N) is 1. The third-order valence-corrected chi connectivity index (χ3v) is 6.44. The average molecular weight is 494 g/mol. The number of H-pyrrole nitrogens is 1. The number of rotatable bonds is 8. The molecular weight excluding hydrogens is 468 g/mol. The zero-order valence-electron chi connectivity index (χ0n) is 19.2. The van der Waals surface area contributed by atoms with Crippen molar-refractivity contribution in [3.05, 3.63) is 64.8 Å². The highest BCUT2D eigenvalue weighted by atomic mass is 19.3. The van der Waals surface area contributed by atoms with Gasteiger partial charge in [0.25, 0.3) is 6.43 Å². The Hall–Kier alpha value is -3.11. The van der Waals surface area contributed by atoms with Gasteiger partial charge in [0.2, 0.25) is 0 Å². The molecule has 4 rings (SSSR count). The van der Waals surface area contributed by atoms with Crippen molar-refractivity contribution in [3.8, 4) is 5.75 Å². The van der Waals surface area contributed by atoms with Gasteiger partial charge in [-0.05, 0) is 55.2 Å². The zero-order valence-corrected chi connectivity index (χ0v) is 19.2. The SMILES string of the molecule is COc1cc(C)c2[nH]ccc2c1C(F)(F)N1CC[C@@H](OCC(F)F)C[C@H]1c1ccc(C(=O)O)cc1. The Morgan fingerprint density at radius 1 is 1.26 bits per heavy atom. The number of aromatic carboxylic acids is 1. The number of aromatic nitrogens is 1. The van der Waals surface area contributed by atoms with Crippen molar-refractivity contribution in [1.29, 1.82) is 0 Å². The first kappa shape index (κ1) is 25.0. The molecular formula is C25H26F4N2O4. The topological polar surface area (TPSA) is 74.8 Å². The summed E-state index contributed by atoms with van der Waals surface area (Å²) in [6.07, 6.45) is -1.55. The van der Waals surface area contributed by atoms with Crippen molar-refractivity contribution in [2.75, 3.05) is 20.3 Å². The predicted octanol–water partition coefficient (Wildman–Crippen LogP) is 5.72. The molecule has 3 aromatic rings. The van der Waals surface area contributed by atoms with E-state index in [2.05, 4.69) is 4.98 Å². The molecule has 0 aliphatic carbocycles. The summed E-state index contributed by atoms with van der Waals surface area (Å²) in [5, 5.41) is 9.52. The largest absolute Gasteiger partial charge is 0.496 e. The number of carbonyl (C=O) groups is 1. The first-order valence-electron chi connectivity index (χ1n) is 11.2. The van der Waals surface area contributed by atoms with Gasteiger partial charge >= 0.3 is 12.0 Å². The van der Waals surface area contributed by atoms with Gasteiger partial charge in [-0.1, -0.05) is 12.1 Å². The lowest BCUT2D eigenvalue weighted by atomic mass is 9.90. The number of methoxy groups -OCH3 is 1. The first-order chi connectivity index (χ1) is 16.6. The maximum absolute atomic E-state index is 16.4. The van der Waals surface area contributed by atoms with Gasteiger partial charge in [0.1, 0.15) is 12.4 Å². The van der Waals surface area contributed by atoms with E-state index in [1.54, 1.807) is 25.3 Å². The number of piperidine rings is 1. The van der Waals surface area contributed by atoms with E-state index in [0.717, 1.165) is 10.5 Å². The number of ether oxygens (including phenoxy) is 2. The fourth-order valence-corrected chi connectivity index (χ4v) is 4.79. The summed E-state index contributed by atoms with van der Waals surface area (Å²) >= 11 is 0. The minimum Gasteiger partial charge on any atom is -0.496 e. The molecule has 35 heavy (non-hydrogen) atoms. The van der Waals surface area contributed by atoms with Crippen molar-refractivity contribution in [1.82, 2.24) is 9.88 Å². The lowest BCUT2D eigenvalue weighted by molar-refractivity contribution is -0.197. The van der Waals surface area contributed by atoms with Gasteiger partial charge < -0.3 is 19.6 Å². The maximum atomic E-state index is 16.4. The molecule has 1 aliphatic rings. The Labute approximate surface area is 199 Å². The van der Waals surface area contributed by atoms with Crippen LogP contribution >= 0.6 is 0 Å². The zero-order chi connectivity index (χ0) is 25.3. The quantitative estimate of drug-likeness (QED) is 0.310. The predicted molar refractivity (Wildman–Crippen MR) is 121 cm³/mol. The second-order valence-electron chi connectivity index (χ2n) is 8.59. The van der Waals surface area contributed by atoms with E-state index in [4.69, 9.17) is 9.47 Å². The number of carboxylic acids is 1. The van der Waals surface area contributed by atoms with E-state index in [0.29, 0.717) is 16.5 Å². The smallest absolute Gasteiger partial charge is 0.336 e. The number of halogens is 4. The molecule has 188 valence electrons. The lowest BCUT2D eigenvalue weighted by Gasteiger charge is -2.44. The Morgan fingerprint density at radius 3 is 2.60 bits per heavy atom. The van der Waals surface area contributed by atoms with Crippen LogP contribution in [0.1, 0.15) is 45.9 Å². The average Bonchev–Trinajstić information content (AvgIpc) is 3.32. The normalized spacial score (nSPS) is 19.4. The first-order valence-corrected chi connectivity index (χ1v) is 11.2. The monoisotopic (exact) mass is 494 g/mol. The van der Waals surface area contributed by atoms with Crippen LogP contribution in [0.2, 0.25) is 0 Å². The minimum atomic E-state index is -3.50. The molecule has 0 saturated carbocycles. The van der Waals surface area contributed by atoms with Crippen LogP contribution in [-0.2, 0) is 10.8 Å². The van der Waals surface area contributed by atoms with E-state index in [-0.39, 0.29) is 36.3 Å². The molecule has 6 nitrogen and oxygen atoms in total. The van der Waals surface area contributed by atoms with E-state index < -0.39 is 37.2 Å². The van der Waals surface area contributed by atoms with Crippen molar-refractivity contribution >= 4 is 16.9 Å². The van der Waals surface area contributed by atoms with E-state index in [1.807, 2.05) is 0 Å². The summed E-state index contributed by atoms with van der Waals surface area (Å²) in [4.78, 5) is 15.3. The van der Waals surface area contributed by atoms with Crippen LogP contribution in [0, 0.1) is 6.92 Å². The molecule has 0 radical (unpaired) electrons. The Kier molecular flexibility index (Phi) is 7.05. The van der Waals surface area contributed by atoms with Crippen molar-refractivity contribution in [2.24, 2.45) is 0 Å². The number of nitrogens with one attached hydrogen (secondary N) is 1. The van der Waals surface area contributed by atoms with Crippen molar-refractivity contribution < 1.29 is 36.9 Å². The molecule has 0 bridgehead atoms. The fourth-order valence-electron chi connectivity index (χ4n) is 4.79. The van der Waals surface area contributed by atoms with Gasteiger partial charge in [0, 0.05) is 29.7 Å². The highest BCUT2D eigenvalue weighted by Gasteiger charge is 2.49. The van der Waals surface area contributed by atoms with Crippen LogP contribution in [0.25, 0.3) is 10.9 Å². The number of aryl methyl sites for hydroxylation is 1. The van der Waals surface area contributed by atoms with Gasteiger partial charge in [-0.15, -0.1) is 0 Å². The van der Waals surface area contributed by atoms with Crippen LogP contribution in [0.3, 0.4) is 0 Å². The lowest BCUT2D eigenvalue weighted by Crippen LogP contribution is -2.48. The van der Waals surface area contributed by atoms with Gasteiger partial charge in [0.05, 0.1) is 24.3 Å². The fraction of sp³-hybridized carbons (Fsp3) is 0.400. The summed E-state index contributed by atoms with van der Waals surface area (Å²) in [6, 6.07) is 4.35. The number of benzene rings is 2. The number of likely N-dealkylation sites (tertiary alicyclic amines) is 1. The molecule has 2 atom stereocenters. The second kappa shape index (κ2) is 9.87. The molecule has 2 heterocycles. The summed E-state index contributed by atoms with van der Waals surface area (Å²) < 4.78 is 68.9. The molecule has 1 saturated heterocycles. The molecule has 10 heteroatoms. The Morgan fingerprint density at radius 2 is 1.97 bits per heavy atom. The van der Waals surface area contributed by atoms with Crippen LogP contribution in [0.5, 0.6) is 5.75 Å². The number of carboxylic acid groups (broad SMARTS) is 1. The number of alkyl halides is 4. The van der Waals surface area contributed by atoms with Gasteiger partial charge in [-0.25, -0.2) is 18.5 Å². The Bertz CT molecular complexity index is 1200. The molecule has 0 unspecified atom stereocenters. The number of fused-ring (bicyclic) bond motifs is 1. The van der Waals surface area contributed by atoms with E-state index in [9.17, 15) is 18.7 Å². The third-order valence-electron chi connectivity index (χ3n) is 6.44. The molecule has 0 amide bonds. The summed E-state index contributed by atoms with van der Waals surface area (Å²) in [5.74, 6) is -1.10. The number of hydrogen-bond donors (Lipinski definition) is 2. The highest BCUT2D eigenvalue weighted by Crippen LogP contribution is 2.49. The van der Waals surface area contributed by atoms with Crippen LogP contribution in [0.15, 0.2) is 42.6 Å². The van der Waals surface area contributed by atoms with E-state index in [1.165, 1.54) is 31.4 Å². The third kappa shape index (κ3) is 4.85. The van der Waals surface area contributed by atoms with E-state index >= 15 is 8.78 Å². The molecule has 0 spiro atoms. The number of aromatic amines is 1. The summed E-state index contributed by atoms with van der Waals surface area (Å²) in [5.41, 5.74) is 1.49. The van der Waals surface area contributed by atoms with Crippen LogP contribution < -0.4 is 4.74 Å². The second-order valence-corrected chi connectivity index (χ2v) is 8.59. The van der Waals surface area contributed by atoms with Crippen molar-refractivity contribution in [2.45, 2.75) is 44.4 Å². The van der Waals surface area contributed by atoms with Crippen LogP contribution in [0.4, 0.5) is 17.6 Å². The minimum absolute atomic E-state index is 0.0163. The van der Waals surface area contributed by atoms with Gasteiger partial charge in [-0.2, -0.15) is 8.78 Å². The highest BCUT2D eigenvalue weighted by molar-refractivity contribution is 5.89. The molecule has 2 N–H and O–H groups in total. The standard InChI is InChI=1S/C25H26F4N2O4/c1-14-11-20(34-2)22(18-7-9-30-23(14)18)25(28,29)31-10-8-17(35-13-21(26)27)12-19(31)15-3-5-16(6-4-15)24(32)33/h3-7,9,11,17,19,21,30H,8,10,12-13H2,1-2H3,(H,32,33)/t17-,19+/m1/s1. The molecule has 1 aromatic heterocycles. The van der Waals surface area contributed by atoms with Gasteiger partial charge in [0.15, 0.2) is 0 Å².